The van der Waals surface area contributed by atoms with Crippen molar-refractivity contribution in [3.63, 3.8) is 0 Å². The topological polar surface area (TPSA) is 120 Å². The van der Waals surface area contributed by atoms with Crippen LogP contribution in [-0.2, 0) is 28.5 Å². The number of carbonyl (C=O) groups excluding carboxylic acids is 2. The van der Waals surface area contributed by atoms with Crippen molar-refractivity contribution in [3.8, 4) is 0 Å². The van der Waals surface area contributed by atoms with Gasteiger partial charge >= 0.3 is 11.9 Å². The van der Waals surface area contributed by atoms with Crippen LogP contribution in [0.25, 0.3) is 10.4 Å². The molecule has 3 unspecified atom stereocenters. The van der Waals surface area contributed by atoms with Crippen LogP contribution in [0.1, 0.15) is 13.8 Å². The molecule has 2 heterocycles. The Bertz CT molecular complexity index is 405. The average molecular weight is 271 g/mol. The first-order chi connectivity index (χ1) is 9.02. The van der Waals surface area contributed by atoms with Gasteiger partial charge in [0.2, 0.25) is 0 Å². The van der Waals surface area contributed by atoms with Crippen LogP contribution in [0.15, 0.2) is 5.11 Å². The summed E-state index contributed by atoms with van der Waals surface area (Å²) in [4.78, 5) is 24.9. The molecule has 2 bridgehead atoms. The summed E-state index contributed by atoms with van der Waals surface area (Å²) < 4.78 is 20.9. The van der Waals surface area contributed by atoms with Crippen molar-refractivity contribution in [2.45, 2.75) is 44.5 Å². The van der Waals surface area contributed by atoms with Crippen LogP contribution >= 0.6 is 0 Å². The molecule has 9 heteroatoms. The Hall–Kier alpha value is -1.83. The zero-order valence-corrected chi connectivity index (χ0v) is 10.4. The molecule has 2 fully saturated rings. The van der Waals surface area contributed by atoms with E-state index in [-0.39, 0.29) is 6.61 Å². The Labute approximate surface area is 108 Å². The number of fused-ring (bicyclic) bond motifs is 2. The highest BCUT2D eigenvalue weighted by atomic mass is 16.8. The van der Waals surface area contributed by atoms with Crippen LogP contribution in [0.2, 0.25) is 0 Å². The molecule has 104 valence electrons. The van der Waals surface area contributed by atoms with E-state index < -0.39 is 42.6 Å². The SMILES string of the molecule is CC(=O)OC1C(N=[N+]=[N-])[C@@H](OC(C)=O)C2CO[C@@H]1O2. The summed E-state index contributed by atoms with van der Waals surface area (Å²) >= 11 is 0. The van der Waals surface area contributed by atoms with Gasteiger partial charge in [-0.1, -0.05) is 5.11 Å². The van der Waals surface area contributed by atoms with E-state index in [9.17, 15) is 9.59 Å². The molecule has 2 aliphatic rings. The van der Waals surface area contributed by atoms with Gasteiger partial charge in [-0.05, 0) is 5.53 Å². The van der Waals surface area contributed by atoms with Crippen molar-refractivity contribution in [1.82, 2.24) is 0 Å². The lowest BCUT2D eigenvalue weighted by molar-refractivity contribution is -0.214. The van der Waals surface area contributed by atoms with Crippen molar-refractivity contribution < 1.29 is 28.5 Å². The van der Waals surface area contributed by atoms with Gasteiger partial charge in [0.05, 0.1) is 6.61 Å². The number of rotatable bonds is 3. The third-order valence-corrected chi connectivity index (χ3v) is 2.83. The Kier molecular flexibility index (Phi) is 3.89. The van der Waals surface area contributed by atoms with Crippen LogP contribution < -0.4 is 0 Å². The first-order valence-corrected chi connectivity index (χ1v) is 5.68. The number of hydrogen-bond acceptors (Lipinski definition) is 7. The molecule has 0 saturated carbocycles. The van der Waals surface area contributed by atoms with E-state index in [2.05, 4.69) is 10.0 Å². The fourth-order valence-corrected chi connectivity index (χ4v) is 2.20. The van der Waals surface area contributed by atoms with E-state index in [0.717, 1.165) is 0 Å². The summed E-state index contributed by atoms with van der Waals surface area (Å²) in [6.07, 6.45) is -3.11. The first kappa shape index (κ1) is 13.6. The molecule has 0 aliphatic carbocycles. The number of carbonyl (C=O) groups is 2. The second kappa shape index (κ2) is 5.43. The van der Waals surface area contributed by atoms with Crippen LogP contribution in [0.4, 0.5) is 0 Å². The predicted octanol–water partition coefficient (Wildman–Crippen LogP) is 0.284. The summed E-state index contributed by atoms with van der Waals surface area (Å²) in [5, 5.41) is 3.56. The smallest absolute Gasteiger partial charge is 0.303 e. The van der Waals surface area contributed by atoms with Crippen molar-refractivity contribution in [3.05, 3.63) is 10.4 Å². The van der Waals surface area contributed by atoms with E-state index in [1.54, 1.807) is 0 Å². The van der Waals surface area contributed by atoms with Crippen molar-refractivity contribution in [2.24, 2.45) is 5.11 Å². The lowest BCUT2D eigenvalue weighted by Crippen LogP contribution is -2.55. The zero-order chi connectivity index (χ0) is 14.0. The van der Waals surface area contributed by atoms with E-state index in [4.69, 9.17) is 24.5 Å². The molecule has 19 heavy (non-hydrogen) atoms. The highest BCUT2D eigenvalue weighted by Gasteiger charge is 2.53. The fourth-order valence-electron chi connectivity index (χ4n) is 2.20. The molecule has 2 aliphatic heterocycles. The van der Waals surface area contributed by atoms with Gasteiger partial charge in [-0.3, -0.25) is 9.59 Å². The maximum Gasteiger partial charge on any atom is 0.303 e. The number of azide groups is 1. The lowest BCUT2D eigenvalue weighted by atomic mass is 9.98. The van der Waals surface area contributed by atoms with Crippen LogP contribution in [0.3, 0.4) is 0 Å². The van der Waals surface area contributed by atoms with Gasteiger partial charge in [0.25, 0.3) is 0 Å². The third-order valence-electron chi connectivity index (χ3n) is 2.83. The minimum Gasteiger partial charge on any atom is -0.459 e. The minimum atomic E-state index is -0.934. The monoisotopic (exact) mass is 271 g/mol. The average Bonchev–Trinajstić information content (AvgIpc) is 2.74. The number of ether oxygens (including phenoxy) is 4. The highest BCUT2D eigenvalue weighted by Crippen LogP contribution is 2.33. The second-order valence-corrected chi connectivity index (χ2v) is 4.22. The van der Waals surface area contributed by atoms with Crippen molar-refractivity contribution in [2.75, 3.05) is 6.61 Å². The summed E-state index contributed by atoms with van der Waals surface area (Å²) in [6, 6.07) is -0.871. The van der Waals surface area contributed by atoms with Crippen molar-refractivity contribution >= 4 is 11.9 Å². The fraction of sp³-hybridized carbons (Fsp3) is 0.800. The second-order valence-electron chi connectivity index (χ2n) is 4.22. The zero-order valence-electron chi connectivity index (χ0n) is 10.4. The number of nitrogens with zero attached hydrogens (tertiary/aromatic N) is 3. The van der Waals surface area contributed by atoms with E-state index in [1.165, 1.54) is 13.8 Å². The third kappa shape index (κ3) is 2.78. The summed E-state index contributed by atoms with van der Waals surface area (Å²) in [7, 11) is 0. The summed E-state index contributed by atoms with van der Waals surface area (Å²) in [5.41, 5.74) is 8.61. The van der Waals surface area contributed by atoms with E-state index in [1.807, 2.05) is 0 Å². The molecular weight excluding hydrogens is 258 g/mol. The predicted molar refractivity (Wildman–Crippen MR) is 58.7 cm³/mol. The summed E-state index contributed by atoms with van der Waals surface area (Å²) in [5.74, 6) is -1.11. The lowest BCUT2D eigenvalue weighted by Gasteiger charge is -2.37. The Morgan fingerprint density at radius 3 is 2.47 bits per heavy atom. The van der Waals surface area contributed by atoms with E-state index >= 15 is 0 Å². The van der Waals surface area contributed by atoms with Gasteiger partial charge < -0.3 is 18.9 Å². The maximum atomic E-state index is 11.1. The number of hydrogen-bond donors (Lipinski definition) is 0. The Balaban J connectivity index is 2.27. The molecule has 5 atom stereocenters. The molecule has 0 aromatic carbocycles. The molecule has 0 spiro atoms. The first-order valence-electron chi connectivity index (χ1n) is 5.68. The molecular formula is C10H13N3O6. The van der Waals surface area contributed by atoms with Crippen LogP contribution in [0, 0.1) is 0 Å². The van der Waals surface area contributed by atoms with E-state index in [0.29, 0.717) is 0 Å². The normalized spacial score (nSPS) is 36.2. The van der Waals surface area contributed by atoms with Gasteiger partial charge in [0.15, 0.2) is 12.4 Å². The quantitative estimate of drug-likeness (QED) is 0.315. The standard InChI is InChI=1S/C10H13N3O6/c1-4(14)17-8-6-3-16-10(19-6)9(18-5(2)15)7(8)12-13-11/h6-10H,3H2,1-2H3/t6?,7?,8-,9?,10+/m0/s1. The Morgan fingerprint density at radius 1 is 1.26 bits per heavy atom. The molecule has 0 aromatic heterocycles. The van der Waals surface area contributed by atoms with Gasteiger partial charge in [0.1, 0.15) is 18.2 Å². The highest BCUT2D eigenvalue weighted by molar-refractivity contribution is 5.67. The Morgan fingerprint density at radius 2 is 1.89 bits per heavy atom. The molecule has 0 radical (unpaired) electrons. The molecule has 0 N–H and O–H groups in total. The van der Waals surface area contributed by atoms with Crippen LogP contribution in [0.5, 0.6) is 0 Å². The molecule has 2 rings (SSSR count). The molecule has 0 amide bonds. The van der Waals surface area contributed by atoms with Gasteiger partial charge in [-0.25, -0.2) is 0 Å². The largest absolute Gasteiger partial charge is 0.459 e. The van der Waals surface area contributed by atoms with Crippen molar-refractivity contribution in [1.29, 1.82) is 0 Å². The molecule has 9 nitrogen and oxygen atoms in total. The van der Waals surface area contributed by atoms with Crippen LogP contribution in [-0.4, -0.2) is 49.2 Å². The van der Waals surface area contributed by atoms with Gasteiger partial charge in [-0.2, -0.15) is 0 Å². The molecule has 0 aromatic rings. The maximum absolute atomic E-state index is 11.1. The van der Waals surface area contributed by atoms with Gasteiger partial charge in [-0.15, -0.1) is 0 Å². The minimum absolute atomic E-state index is 0.178. The van der Waals surface area contributed by atoms with Gasteiger partial charge in [0, 0.05) is 18.8 Å². The number of esters is 2. The molecule has 2 saturated heterocycles. The summed E-state index contributed by atoms with van der Waals surface area (Å²) in [6.45, 7) is 2.63.